The molecule has 1 aromatic heterocycles. The minimum Gasteiger partial charge on any atom is -0.366 e. The number of amides is 1. The third kappa shape index (κ3) is 6.03. The molecule has 1 amide bonds. The highest BCUT2D eigenvalue weighted by molar-refractivity contribution is 9.10. The number of pyridine rings is 1. The van der Waals surface area contributed by atoms with E-state index in [4.69, 9.17) is 0 Å². The van der Waals surface area contributed by atoms with Gasteiger partial charge in [-0.3, -0.25) is 14.9 Å². The van der Waals surface area contributed by atoms with Crippen molar-refractivity contribution in [2.45, 2.75) is 13.5 Å². The van der Waals surface area contributed by atoms with Crippen LogP contribution in [0.25, 0.3) is 0 Å². The maximum absolute atomic E-state index is 11.1. The van der Waals surface area contributed by atoms with Gasteiger partial charge in [-0.25, -0.2) is 4.98 Å². The van der Waals surface area contributed by atoms with Crippen LogP contribution in [0.5, 0.6) is 0 Å². The molecule has 0 fully saturated rings. The van der Waals surface area contributed by atoms with E-state index in [1.165, 1.54) is 13.0 Å². The van der Waals surface area contributed by atoms with Crippen molar-refractivity contribution in [3.05, 3.63) is 56.5 Å². The van der Waals surface area contributed by atoms with Crippen molar-refractivity contribution in [3.8, 4) is 0 Å². The fraction of sp³-hybridized carbons (Fsp3) is 0.250. The molecule has 1 heterocycles. The zero-order valence-corrected chi connectivity index (χ0v) is 15.2. The second-order valence-electron chi connectivity index (χ2n) is 5.21. The molecule has 2 rings (SSSR count). The van der Waals surface area contributed by atoms with Gasteiger partial charge in [-0.05, 0) is 23.8 Å². The van der Waals surface area contributed by atoms with Crippen LogP contribution in [0, 0.1) is 10.1 Å². The third-order valence-corrected chi connectivity index (χ3v) is 3.72. The van der Waals surface area contributed by atoms with Gasteiger partial charge in [0.15, 0.2) is 0 Å². The van der Waals surface area contributed by atoms with Crippen LogP contribution in [0.3, 0.4) is 0 Å². The Morgan fingerprint density at radius 2 is 2.04 bits per heavy atom. The lowest BCUT2D eigenvalue weighted by Gasteiger charge is -2.10. The van der Waals surface area contributed by atoms with Gasteiger partial charge in [0.1, 0.15) is 5.82 Å². The Balaban J connectivity index is 2.04. The Morgan fingerprint density at radius 1 is 1.24 bits per heavy atom. The molecular formula is C16H18BrN5O3. The smallest absolute Gasteiger partial charge is 0.311 e. The summed E-state index contributed by atoms with van der Waals surface area (Å²) in [5.41, 5.74) is 0.936. The number of nitrogens with zero attached hydrogens (tertiary/aromatic N) is 2. The second kappa shape index (κ2) is 8.97. The van der Waals surface area contributed by atoms with Crippen molar-refractivity contribution in [2.75, 3.05) is 23.7 Å². The summed E-state index contributed by atoms with van der Waals surface area (Å²) in [5.74, 6) is 0.524. The maximum Gasteiger partial charge on any atom is 0.311 e. The standard InChI is InChI=1S/C16H18BrN5O3/c1-11(23)18-7-8-19-16-14(22(24)25)5-6-15(21-16)20-10-12-3-2-4-13(17)9-12/h2-6,9H,7-8,10H2,1H3,(H,18,23)(H2,19,20,21). The first-order chi connectivity index (χ1) is 12.0. The Bertz CT molecular complexity index is 769. The van der Waals surface area contributed by atoms with Crippen molar-refractivity contribution in [1.29, 1.82) is 0 Å². The van der Waals surface area contributed by atoms with E-state index in [-0.39, 0.29) is 17.4 Å². The average molecular weight is 408 g/mol. The van der Waals surface area contributed by atoms with E-state index in [1.807, 2.05) is 24.3 Å². The molecule has 0 radical (unpaired) electrons. The van der Waals surface area contributed by atoms with Crippen molar-refractivity contribution < 1.29 is 9.72 Å². The molecule has 0 aliphatic carbocycles. The van der Waals surface area contributed by atoms with Gasteiger partial charge in [0.05, 0.1) is 4.92 Å². The number of benzene rings is 1. The number of rotatable bonds is 8. The molecule has 2 aromatic rings. The number of hydrogen-bond donors (Lipinski definition) is 3. The molecule has 0 aliphatic heterocycles. The molecule has 132 valence electrons. The first-order valence-corrected chi connectivity index (χ1v) is 8.37. The van der Waals surface area contributed by atoms with E-state index in [1.54, 1.807) is 6.07 Å². The lowest BCUT2D eigenvalue weighted by Crippen LogP contribution is -2.26. The van der Waals surface area contributed by atoms with Gasteiger partial charge in [0.2, 0.25) is 11.7 Å². The van der Waals surface area contributed by atoms with Crippen LogP contribution in [0.1, 0.15) is 12.5 Å². The minimum atomic E-state index is -0.494. The Labute approximate surface area is 153 Å². The summed E-state index contributed by atoms with van der Waals surface area (Å²) in [6.45, 7) is 2.63. The fourth-order valence-electron chi connectivity index (χ4n) is 2.09. The van der Waals surface area contributed by atoms with Crippen LogP contribution in [0.4, 0.5) is 17.3 Å². The number of carbonyl (C=O) groups excluding carboxylic acids is 1. The number of hydrogen-bond acceptors (Lipinski definition) is 6. The number of nitro groups is 1. The predicted octanol–water partition coefficient (Wildman–Crippen LogP) is 2.91. The van der Waals surface area contributed by atoms with Gasteiger partial charge in [-0.2, -0.15) is 0 Å². The largest absolute Gasteiger partial charge is 0.366 e. The van der Waals surface area contributed by atoms with Crippen molar-refractivity contribution in [1.82, 2.24) is 10.3 Å². The topological polar surface area (TPSA) is 109 Å². The lowest BCUT2D eigenvalue weighted by molar-refractivity contribution is -0.384. The van der Waals surface area contributed by atoms with Crippen LogP contribution in [-0.4, -0.2) is 28.9 Å². The first kappa shape index (κ1) is 18.7. The highest BCUT2D eigenvalue weighted by atomic mass is 79.9. The monoisotopic (exact) mass is 407 g/mol. The number of carbonyl (C=O) groups is 1. The van der Waals surface area contributed by atoms with Crippen LogP contribution >= 0.6 is 15.9 Å². The van der Waals surface area contributed by atoms with Gasteiger partial charge in [0, 0.05) is 37.1 Å². The van der Waals surface area contributed by atoms with E-state index in [2.05, 4.69) is 36.9 Å². The maximum atomic E-state index is 11.1. The summed E-state index contributed by atoms with van der Waals surface area (Å²) in [5, 5.41) is 19.8. The summed E-state index contributed by atoms with van der Waals surface area (Å²) in [6.07, 6.45) is 0. The fourth-order valence-corrected chi connectivity index (χ4v) is 2.53. The SMILES string of the molecule is CC(=O)NCCNc1nc(NCc2cccc(Br)c2)ccc1[N+](=O)[O-]. The average Bonchev–Trinajstić information content (AvgIpc) is 2.56. The summed E-state index contributed by atoms with van der Waals surface area (Å²) in [4.78, 5) is 25.7. The lowest BCUT2D eigenvalue weighted by atomic mass is 10.2. The van der Waals surface area contributed by atoms with Crippen LogP contribution in [0.15, 0.2) is 40.9 Å². The number of nitrogens with one attached hydrogen (secondary N) is 3. The van der Waals surface area contributed by atoms with E-state index in [0.29, 0.717) is 25.5 Å². The third-order valence-electron chi connectivity index (χ3n) is 3.22. The summed E-state index contributed by atoms with van der Waals surface area (Å²) >= 11 is 3.41. The molecule has 0 aliphatic rings. The molecular weight excluding hydrogens is 390 g/mol. The molecule has 0 bridgehead atoms. The molecule has 25 heavy (non-hydrogen) atoms. The molecule has 0 saturated carbocycles. The van der Waals surface area contributed by atoms with Crippen LogP contribution in [-0.2, 0) is 11.3 Å². The van der Waals surface area contributed by atoms with Crippen LogP contribution < -0.4 is 16.0 Å². The number of anilines is 2. The molecule has 8 nitrogen and oxygen atoms in total. The number of halogens is 1. The van der Waals surface area contributed by atoms with Crippen LogP contribution in [0.2, 0.25) is 0 Å². The van der Waals surface area contributed by atoms with Gasteiger partial charge in [-0.1, -0.05) is 28.1 Å². The Hall–Kier alpha value is -2.68. The number of aromatic nitrogens is 1. The highest BCUT2D eigenvalue weighted by Crippen LogP contribution is 2.24. The summed E-state index contributed by atoms with van der Waals surface area (Å²) < 4.78 is 0.976. The van der Waals surface area contributed by atoms with E-state index >= 15 is 0 Å². The molecule has 0 saturated heterocycles. The highest BCUT2D eigenvalue weighted by Gasteiger charge is 2.15. The normalized spacial score (nSPS) is 10.2. The summed E-state index contributed by atoms with van der Waals surface area (Å²) in [6, 6.07) is 10.8. The van der Waals surface area contributed by atoms with Crippen molar-refractivity contribution >= 4 is 39.2 Å². The van der Waals surface area contributed by atoms with Crippen molar-refractivity contribution in [3.63, 3.8) is 0 Å². The second-order valence-corrected chi connectivity index (χ2v) is 6.13. The molecule has 0 unspecified atom stereocenters. The first-order valence-electron chi connectivity index (χ1n) is 7.58. The molecule has 3 N–H and O–H groups in total. The quantitative estimate of drug-likeness (QED) is 0.352. The van der Waals surface area contributed by atoms with E-state index in [0.717, 1.165) is 10.0 Å². The van der Waals surface area contributed by atoms with Gasteiger partial charge >= 0.3 is 5.69 Å². The van der Waals surface area contributed by atoms with Gasteiger partial charge in [-0.15, -0.1) is 0 Å². The molecule has 9 heteroatoms. The predicted molar refractivity (Wildman–Crippen MR) is 99.5 cm³/mol. The van der Waals surface area contributed by atoms with Crippen molar-refractivity contribution in [2.24, 2.45) is 0 Å². The van der Waals surface area contributed by atoms with E-state index < -0.39 is 4.92 Å². The minimum absolute atomic E-state index is 0.115. The molecule has 1 aromatic carbocycles. The van der Waals surface area contributed by atoms with Gasteiger partial charge < -0.3 is 16.0 Å². The van der Waals surface area contributed by atoms with Gasteiger partial charge in [0.25, 0.3) is 0 Å². The zero-order chi connectivity index (χ0) is 18.2. The summed E-state index contributed by atoms with van der Waals surface area (Å²) in [7, 11) is 0. The Morgan fingerprint density at radius 3 is 2.72 bits per heavy atom. The molecule has 0 spiro atoms. The molecule has 0 atom stereocenters. The zero-order valence-electron chi connectivity index (χ0n) is 13.6. The van der Waals surface area contributed by atoms with E-state index in [9.17, 15) is 14.9 Å². The Kier molecular flexibility index (Phi) is 6.70.